The monoisotopic (exact) mass is 215 g/mol. The van der Waals surface area contributed by atoms with Gasteiger partial charge in [0.2, 0.25) is 10.0 Å². The Morgan fingerprint density at radius 2 is 2.25 bits per heavy atom. The molecule has 0 aromatic rings. The van der Waals surface area contributed by atoms with Crippen LogP contribution in [0.5, 0.6) is 0 Å². The second-order valence-corrected chi connectivity index (χ2v) is 4.89. The SMILES string of the molecule is O=S(=O)(CCl)NC1COCC1O. The van der Waals surface area contributed by atoms with Gasteiger partial charge in [-0.2, -0.15) is 0 Å². The first-order valence-electron chi connectivity index (χ1n) is 3.37. The summed E-state index contributed by atoms with van der Waals surface area (Å²) in [4.78, 5) is 0. The highest BCUT2D eigenvalue weighted by Gasteiger charge is 2.29. The summed E-state index contributed by atoms with van der Waals surface area (Å²) in [6.45, 7) is 0.354. The van der Waals surface area contributed by atoms with Crippen molar-refractivity contribution in [3.8, 4) is 0 Å². The second kappa shape index (κ2) is 3.89. The lowest BCUT2D eigenvalue weighted by Crippen LogP contribution is -2.42. The molecule has 0 aromatic carbocycles. The summed E-state index contributed by atoms with van der Waals surface area (Å²) in [6, 6.07) is -0.561. The number of hydrogen-bond acceptors (Lipinski definition) is 4. The van der Waals surface area contributed by atoms with Gasteiger partial charge in [0, 0.05) is 0 Å². The Balaban J connectivity index is 2.51. The Bertz CT molecular complexity index is 242. The first-order chi connectivity index (χ1) is 5.55. The van der Waals surface area contributed by atoms with Crippen molar-refractivity contribution < 1.29 is 18.3 Å². The van der Waals surface area contributed by atoms with Crippen LogP contribution in [0, 0.1) is 0 Å². The molecule has 1 heterocycles. The maximum atomic E-state index is 10.9. The molecule has 2 unspecified atom stereocenters. The summed E-state index contributed by atoms with van der Waals surface area (Å²) in [7, 11) is -3.46. The first-order valence-corrected chi connectivity index (χ1v) is 5.55. The van der Waals surface area contributed by atoms with Crippen LogP contribution in [0.4, 0.5) is 0 Å². The van der Waals surface area contributed by atoms with Crippen molar-refractivity contribution in [2.45, 2.75) is 12.1 Å². The van der Waals surface area contributed by atoms with E-state index in [0.717, 1.165) is 0 Å². The maximum Gasteiger partial charge on any atom is 0.226 e. The molecule has 72 valence electrons. The van der Waals surface area contributed by atoms with E-state index in [9.17, 15) is 8.42 Å². The second-order valence-electron chi connectivity index (χ2n) is 2.55. The van der Waals surface area contributed by atoms with E-state index >= 15 is 0 Å². The van der Waals surface area contributed by atoms with Crippen LogP contribution in [0.2, 0.25) is 0 Å². The summed E-state index contributed by atoms with van der Waals surface area (Å²) in [5, 5.41) is 8.65. The fourth-order valence-electron chi connectivity index (χ4n) is 0.918. The lowest BCUT2D eigenvalue weighted by atomic mass is 10.2. The van der Waals surface area contributed by atoms with E-state index in [4.69, 9.17) is 21.4 Å². The average Bonchev–Trinajstić information content (AvgIpc) is 2.36. The van der Waals surface area contributed by atoms with Gasteiger partial charge in [0.1, 0.15) is 5.21 Å². The zero-order valence-corrected chi connectivity index (χ0v) is 7.81. The number of aliphatic hydroxyl groups excluding tert-OH is 1. The minimum absolute atomic E-state index is 0.162. The van der Waals surface area contributed by atoms with Crippen LogP contribution in [-0.2, 0) is 14.8 Å². The van der Waals surface area contributed by atoms with Gasteiger partial charge in [-0.3, -0.25) is 0 Å². The molecule has 0 bridgehead atoms. The van der Waals surface area contributed by atoms with Crippen LogP contribution in [0.15, 0.2) is 0 Å². The normalized spacial score (nSPS) is 30.8. The maximum absolute atomic E-state index is 10.9. The Labute approximate surface area is 75.7 Å². The zero-order chi connectivity index (χ0) is 9.19. The van der Waals surface area contributed by atoms with Gasteiger partial charge < -0.3 is 9.84 Å². The number of rotatable bonds is 3. The lowest BCUT2D eigenvalue weighted by molar-refractivity contribution is 0.124. The van der Waals surface area contributed by atoms with Gasteiger partial charge >= 0.3 is 0 Å². The number of aliphatic hydroxyl groups is 1. The number of alkyl halides is 1. The summed E-state index contributed by atoms with van der Waals surface area (Å²) < 4.78 is 28.8. The van der Waals surface area contributed by atoms with Crippen LogP contribution < -0.4 is 4.72 Å². The lowest BCUT2D eigenvalue weighted by Gasteiger charge is -2.12. The van der Waals surface area contributed by atoms with E-state index in [1.807, 2.05) is 0 Å². The third kappa shape index (κ3) is 2.56. The highest BCUT2D eigenvalue weighted by atomic mass is 35.5. The molecule has 0 aromatic heterocycles. The van der Waals surface area contributed by atoms with Gasteiger partial charge in [0.05, 0.1) is 25.4 Å². The van der Waals surface area contributed by atoms with Crippen LogP contribution >= 0.6 is 11.6 Å². The fraction of sp³-hybridized carbons (Fsp3) is 1.00. The van der Waals surface area contributed by atoms with E-state index in [0.29, 0.717) is 0 Å². The molecular weight excluding hydrogens is 206 g/mol. The van der Waals surface area contributed by atoms with Gasteiger partial charge in [0.15, 0.2) is 0 Å². The van der Waals surface area contributed by atoms with E-state index in [2.05, 4.69) is 4.72 Å². The molecule has 1 rings (SSSR count). The van der Waals surface area contributed by atoms with Crippen molar-refractivity contribution in [2.24, 2.45) is 0 Å². The standard InChI is InChI=1S/C5H10ClNO4S/c6-3-12(9,10)7-4-1-11-2-5(4)8/h4-5,7-8H,1-3H2. The first kappa shape index (κ1) is 10.2. The third-order valence-corrected chi connectivity index (χ3v) is 3.34. The molecule has 0 spiro atoms. The number of halogens is 1. The van der Waals surface area contributed by atoms with Gasteiger partial charge in [-0.15, -0.1) is 11.6 Å². The number of ether oxygens (including phenoxy) is 1. The molecule has 0 saturated carbocycles. The van der Waals surface area contributed by atoms with Crippen LogP contribution in [0.25, 0.3) is 0 Å². The molecule has 0 amide bonds. The highest BCUT2D eigenvalue weighted by Crippen LogP contribution is 2.06. The minimum atomic E-state index is -3.46. The molecule has 2 N–H and O–H groups in total. The van der Waals surface area contributed by atoms with Crippen molar-refractivity contribution >= 4 is 21.6 Å². The highest BCUT2D eigenvalue weighted by molar-refractivity contribution is 7.90. The molecule has 7 heteroatoms. The summed E-state index contributed by atoms with van der Waals surface area (Å²) >= 11 is 5.15. The molecule has 12 heavy (non-hydrogen) atoms. The molecule has 1 saturated heterocycles. The topological polar surface area (TPSA) is 75.6 Å². The van der Waals surface area contributed by atoms with Crippen LogP contribution in [-0.4, -0.2) is 44.1 Å². The Morgan fingerprint density at radius 1 is 1.58 bits per heavy atom. The Hall–Kier alpha value is 0.120. The van der Waals surface area contributed by atoms with E-state index < -0.39 is 27.4 Å². The number of hydrogen-bond donors (Lipinski definition) is 2. The number of sulfonamides is 1. The van der Waals surface area contributed by atoms with Crippen molar-refractivity contribution in [3.63, 3.8) is 0 Å². The van der Waals surface area contributed by atoms with Crippen molar-refractivity contribution in [2.75, 3.05) is 18.4 Å². The molecule has 1 aliphatic rings. The van der Waals surface area contributed by atoms with Crippen molar-refractivity contribution in [1.29, 1.82) is 0 Å². The minimum Gasteiger partial charge on any atom is -0.389 e. The van der Waals surface area contributed by atoms with Crippen molar-refractivity contribution in [1.82, 2.24) is 4.72 Å². The Kier molecular flexibility index (Phi) is 3.30. The molecule has 0 aliphatic carbocycles. The van der Waals surface area contributed by atoms with Crippen molar-refractivity contribution in [3.05, 3.63) is 0 Å². The zero-order valence-electron chi connectivity index (χ0n) is 6.23. The largest absolute Gasteiger partial charge is 0.389 e. The summed E-state index contributed by atoms with van der Waals surface area (Å²) in [6.07, 6.45) is -0.775. The summed E-state index contributed by atoms with van der Waals surface area (Å²) in [5.74, 6) is 0. The van der Waals surface area contributed by atoms with E-state index in [1.165, 1.54) is 0 Å². The average molecular weight is 216 g/mol. The third-order valence-electron chi connectivity index (χ3n) is 1.53. The molecule has 1 fully saturated rings. The van der Waals surface area contributed by atoms with E-state index in [1.54, 1.807) is 0 Å². The van der Waals surface area contributed by atoms with Gasteiger partial charge in [-0.05, 0) is 0 Å². The molecule has 0 radical (unpaired) electrons. The quantitative estimate of drug-likeness (QED) is 0.584. The molecule has 1 aliphatic heterocycles. The Morgan fingerprint density at radius 3 is 2.67 bits per heavy atom. The van der Waals surface area contributed by atoms with Gasteiger partial charge in [-0.25, -0.2) is 13.1 Å². The summed E-state index contributed by atoms with van der Waals surface area (Å²) in [5.41, 5.74) is 0. The van der Waals surface area contributed by atoms with Gasteiger partial charge in [-0.1, -0.05) is 0 Å². The van der Waals surface area contributed by atoms with Crippen LogP contribution in [0.1, 0.15) is 0 Å². The number of nitrogens with one attached hydrogen (secondary N) is 1. The molecular formula is C5H10ClNO4S. The molecule has 5 nitrogen and oxygen atoms in total. The predicted octanol–water partition coefficient (Wildman–Crippen LogP) is -1.14. The molecule has 2 atom stereocenters. The van der Waals surface area contributed by atoms with Gasteiger partial charge in [0.25, 0.3) is 0 Å². The van der Waals surface area contributed by atoms with E-state index in [-0.39, 0.29) is 13.2 Å². The smallest absolute Gasteiger partial charge is 0.226 e. The fourth-order valence-corrected chi connectivity index (χ4v) is 1.86. The van der Waals surface area contributed by atoms with Crippen LogP contribution in [0.3, 0.4) is 0 Å². The predicted molar refractivity (Wildman–Crippen MR) is 43.4 cm³/mol.